The van der Waals surface area contributed by atoms with E-state index < -0.39 is 0 Å². The van der Waals surface area contributed by atoms with Crippen molar-refractivity contribution in [3.05, 3.63) is 29.8 Å². The Morgan fingerprint density at radius 1 is 1.00 bits per heavy atom. The van der Waals surface area contributed by atoms with Crippen LogP contribution in [0.25, 0.3) is 0 Å². The second-order valence-corrected chi connectivity index (χ2v) is 7.75. The van der Waals surface area contributed by atoms with E-state index in [0.717, 1.165) is 18.7 Å². The molecule has 0 aromatic heterocycles. The number of rotatable bonds is 5. The lowest BCUT2D eigenvalue weighted by Crippen LogP contribution is -2.42. The Hall–Kier alpha value is -1.02. The molecule has 0 fully saturated rings. The van der Waals surface area contributed by atoms with Gasteiger partial charge in [0.2, 0.25) is 0 Å². The third kappa shape index (κ3) is 5.96. The monoisotopic (exact) mass is 277 g/mol. The maximum absolute atomic E-state index is 5.22. The minimum atomic E-state index is 0.170. The number of hydrogen-bond acceptors (Lipinski definition) is 2. The molecule has 0 saturated heterocycles. The van der Waals surface area contributed by atoms with Crippen molar-refractivity contribution in [2.75, 3.05) is 13.7 Å². The Kier molecular flexibility index (Phi) is 5.64. The van der Waals surface area contributed by atoms with Crippen molar-refractivity contribution in [3.63, 3.8) is 0 Å². The fraction of sp³-hybridized carbons (Fsp3) is 0.667. The van der Waals surface area contributed by atoms with Gasteiger partial charge in [0.1, 0.15) is 5.75 Å². The second kappa shape index (κ2) is 6.62. The molecule has 114 valence electrons. The molecule has 0 heterocycles. The minimum Gasteiger partial charge on any atom is -0.497 e. The minimum absolute atomic E-state index is 0.170. The van der Waals surface area contributed by atoms with Gasteiger partial charge in [-0.15, -0.1) is 0 Å². The first kappa shape index (κ1) is 17.0. The summed E-state index contributed by atoms with van der Waals surface area (Å²) in [6.45, 7) is 14.7. The lowest BCUT2D eigenvalue weighted by Gasteiger charge is -2.34. The van der Waals surface area contributed by atoms with Crippen molar-refractivity contribution in [1.82, 2.24) is 5.32 Å². The number of methoxy groups -OCH3 is 1. The molecule has 2 nitrogen and oxygen atoms in total. The average molecular weight is 277 g/mol. The van der Waals surface area contributed by atoms with E-state index in [1.807, 2.05) is 12.1 Å². The summed E-state index contributed by atoms with van der Waals surface area (Å²) in [7, 11) is 1.71. The van der Waals surface area contributed by atoms with E-state index in [1.54, 1.807) is 7.11 Å². The highest BCUT2D eigenvalue weighted by molar-refractivity contribution is 5.27. The Balaban J connectivity index is 2.73. The van der Waals surface area contributed by atoms with Gasteiger partial charge >= 0.3 is 0 Å². The summed E-state index contributed by atoms with van der Waals surface area (Å²) in [6, 6.07) is 8.45. The molecule has 0 aliphatic rings. The van der Waals surface area contributed by atoms with Gasteiger partial charge in [0.15, 0.2) is 0 Å². The number of benzene rings is 1. The molecular weight excluding hydrogens is 246 g/mol. The number of ether oxygens (including phenoxy) is 1. The molecule has 0 spiro atoms. The number of nitrogens with one attached hydrogen (secondary N) is 1. The van der Waals surface area contributed by atoms with Gasteiger partial charge in [0.25, 0.3) is 0 Å². The highest BCUT2D eigenvalue weighted by Crippen LogP contribution is 2.29. The lowest BCUT2D eigenvalue weighted by atomic mass is 9.77. The molecule has 1 N–H and O–H groups in total. The van der Waals surface area contributed by atoms with Crippen LogP contribution in [-0.4, -0.2) is 19.2 Å². The van der Waals surface area contributed by atoms with E-state index in [4.69, 9.17) is 4.74 Å². The average Bonchev–Trinajstić information content (AvgIpc) is 2.32. The molecule has 0 unspecified atom stereocenters. The molecule has 0 aliphatic carbocycles. The molecule has 1 rings (SSSR count). The maximum atomic E-state index is 5.22. The first-order valence-corrected chi connectivity index (χ1v) is 7.50. The molecule has 1 aromatic rings. The van der Waals surface area contributed by atoms with E-state index in [0.29, 0.717) is 5.92 Å². The van der Waals surface area contributed by atoms with Crippen LogP contribution >= 0.6 is 0 Å². The number of hydrogen-bond donors (Lipinski definition) is 1. The summed E-state index contributed by atoms with van der Waals surface area (Å²) in [4.78, 5) is 0. The van der Waals surface area contributed by atoms with Crippen LogP contribution in [0.5, 0.6) is 5.75 Å². The van der Waals surface area contributed by atoms with Crippen LogP contribution in [0.2, 0.25) is 0 Å². The van der Waals surface area contributed by atoms with Crippen LogP contribution in [0.3, 0.4) is 0 Å². The highest BCUT2D eigenvalue weighted by Gasteiger charge is 2.26. The molecule has 0 radical (unpaired) electrons. The Labute approximate surface area is 124 Å². The molecule has 0 amide bonds. The fourth-order valence-corrected chi connectivity index (χ4v) is 2.16. The molecule has 2 heteroatoms. The maximum Gasteiger partial charge on any atom is 0.118 e. The van der Waals surface area contributed by atoms with Crippen molar-refractivity contribution in [2.45, 2.75) is 53.5 Å². The Morgan fingerprint density at radius 2 is 1.55 bits per heavy atom. The third-order valence-electron chi connectivity index (χ3n) is 3.74. The molecular formula is C18H31NO. The van der Waals surface area contributed by atoms with Crippen LogP contribution in [0, 0.1) is 11.3 Å². The second-order valence-electron chi connectivity index (χ2n) is 7.75. The zero-order valence-corrected chi connectivity index (χ0v) is 14.2. The van der Waals surface area contributed by atoms with Gasteiger partial charge in [0, 0.05) is 5.54 Å². The quantitative estimate of drug-likeness (QED) is 0.867. The summed E-state index contributed by atoms with van der Waals surface area (Å²) >= 11 is 0. The third-order valence-corrected chi connectivity index (χ3v) is 3.74. The predicted octanol–water partition coefficient (Wildman–Crippen LogP) is 4.29. The van der Waals surface area contributed by atoms with Gasteiger partial charge in [-0.2, -0.15) is 0 Å². The normalized spacial score (nSPS) is 14.2. The highest BCUT2D eigenvalue weighted by atomic mass is 16.5. The largest absolute Gasteiger partial charge is 0.497 e. The van der Waals surface area contributed by atoms with E-state index in [2.05, 4.69) is 59.0 Å². The predicted molar refractivity (Wildman–Crippen MR) is 87.4 cm³/mol. The molecule has 1 aromatic carbocycles. The summed E-state index contributed by atoms with van der Waals surface area (Å²) in [5.41, 5.74) is 1.84. The van der Waals surface area contributed by atoms with Crippen molar-refractivity contribution in [3.8, 4) is 5.75 Å². The first-order valence-electron chi connectivity index (χ1n) is 7.50. The summed E-state index contributed by atoms with van der Waals surface area (Å²) in [5.74, 6) is 1.53. The Morgan fingerprint density at radius 3 is 1.95 bits per heavy atom. The van der Waals surface area contributed by atoms with Crippen LogP contribution in [0.4, 0.5) is 0 Å². The van der Waals surface area contributed by atoms with Crippen LogP contribution < -0.4 is 10.1 Å². The van der Waals surface area contributed by atoms with Crippen molar-refractivity contribution >= 4 is 0 Å². The van der Waals surface area contributed by atoms with E-state index >= 15 is 0 Å². The standard InChI is InChI=1S/C18H31NO/c1-17(2,3)15(13-19-18(4,5)6)12-14-8-10-16(20-7)11-9-14/h8-11,15,19H,12-13H2,1-7H3/t15-/m1/s1. The summed E-state index contributed by atoms with van der Waals surface area (Å²) in [5, 5.41) is 3.65. The van der Waals surface area contributed by atoms with Crippen molar-refractivity contribution in [1.29, 1.82) is 0 Å². The SMILES string of the molecule is COc1ccc(C[C@H](CNC(C)(C)C)C(C)(C)C)cc1. The smallest absolute Gasteiger partial charge is 0.118 e. The van der Waals surface area contributed by atoms with Gasteiger partial charge in [-0.3, -0.25) is 0 Å². The molecule has 1 atom stereocenters. The zero-order chi connectivity index (χ0) is 15.4. The van der Waals surface area contributed by atoms with Gasteiger partial charge in [-0.05, 0) is 62.8 Å². The molecule has 0 saturated carbocycles. The summed E-state index contributed by atoms with van der Waals surface area (Å²) < 4.78 is 5.22. The molecule has 0 bridgehead atoms. The van der Waals surface area contributed by atoms with Crippen molar-refractivity contribution < 1.29 is 4.74 Å². The van der Waals surface area contributed by atoms with E-state index in [9.17, 15) is 0 Å². The topological polar surface area (TPSA) is 21.3 Å². The fourth-order valence-electron chi connectivity index (χ4n) is 2.16. The van der Waals surface area contributed by atoms with Crippen LogP contribution in [0.1, 0.15) is 47.1 Å². The van der Waals surface area contributed by atoms with Crippen LogP contribution in [0.15, 0.2) is 24.3 Å². The van der Waals surface area contributed by atoms with E-state index in [1.165, 1.54) is 5.56 Å². The van der Waals surface area contributed by atoms with Gasteiger partial charge in [-0.25, -0.2) is 0 Å². The van der Waals surface area contributed by atoms with Gasteiger partial charge in [-0.1, -0.05) is 32.9 Å². The molecule has 0 aliphatic heterocycles. The lowest BCUT2D eigenvalue weighted by molar-refractivity contribution is 0.214. The molecule has 20 heavy (non-hydrogen) atoms. The van der Waals surface area contributed by atoms with E-state index in [-0.39, 0.29) is 11.0 Å². The van der Waals surface area contributed by atoms with Gasteiger partial charge < -0.3 is 10.1 Å². The zero-order valence-electron chi connectivity index (χ0n) is 14.2. The van der Waals surface area contributed by atoms with Gasteiger partial charge in [0.05, 0.1) is 7.11 Å². The van der Waals surface area contributed by atoms with Crippen molar-refractivity contribution in [2.24, 2.45) is 11.3 Å². The summed E-state index contributed by atoms with van der Waals surface area (Å²) in [6.07, 6.45) is 1.09. The Bertz CT molecular complexity index is 395. The first-order chi connectivity index (χ1) is 9.12. The van der Waals surface area contributed by atoms with Crippen LogP contribution in [-0.2, 0) is 6.42 Å².